The molecule has 3 heteroatoms. The molecular formula is C10H21N3. The highest BCUT2D eigenvalue weighted by Crippen LogP contribution is 2.48. The third-order valence-corrected chi connectivity index (χ3v) is 2.85. The van der Waals surface area contributed by atoms with Gasteiger partial charge in [-0.05, 0) is 31.1 Å². The van der Waals surface area contributed by atoms with Gasteiger partial charge in [0.25, 0.3) is 0 Å². The normalized spacial score (nSPS) is 20.0. The largest absolute Gasteiger partial charge is 0.370 e. The molecule has 0 aromatic carbocycles. The first-order chi connectivity index (χ1) is 6.22. The smallest absolute Gasteiger partial charge is 0.188 e. The van der Waals surface area contributed by atoms with Gasteiger partial charge in [0.2, 0.25) is 0 Å². The fraction of sp³-hybridized carbons (Fsp3) is 0.900. The molecule has 0 spiro atoms. The number of guanidine groups is 1. The molecule has 13 heavy (non-hydrogen) atoms. The molecule has 0 bridgehead atoms. The van der Waals surface area contributed by atoms with E-state index in [1.54, 1.807) is 0 Å². The Hall–Kier alpha value is -0.730. The molecule has 0 unspecified atom stereocenters. The maximum absolute atomic E-state index is 5.69. The van der Waals surface area contributed by atoms with Crippen LogP contribution in [-0.2, 0) is 0 Å². The topological polar surface area (TPSA) is 50.4 Å². The van der Waals surface area contributed by atoms with Crippen LogP contribution in [0.5, 0.6) is 0 Å². The summed E-state index contributed by atoms with van der Waals surface area (Å²) >= 11 is 0. The van der Waals surface area contributed by atoms with Crippen molar-refractivity contribution in [1.29, 1.82) is 0 Å². The zero-order valence-corrected chi connectivity index (χ0v) is 8.77. The van der Waals surface area contributed by atoms with Crippen molar-refractivity contribution < 1.29 is 0 Å². The number of rotatable bonds is 5. The van der Waals surface area contributed by atoms with Crippen LogP contribution in [0.4, 0.5) is 0 Å². The van der Waals surface area contributed by atoms with Gasteiger partial charge in [-0.3, -0.25) is 4.99 Å². The van der Waals surface area contributed by atoms with E-state index in [4.69, 9.17) is 5.73 Å². The van der Waals surface area contributed by atoms with E-state index < -0.39 is 0 Å². The van der Waals surface area contributed by atoms with E-state index in [9.17, 15) is 0 Å². The first-order valence-corrected chi connectivity index (χ1v) is 5.26. The van der Waals surface area contributed by atoms with Crippen LogP contribution in [0.25, 0.3) is 0 Å². The van der Waals surface area contributed by atoms with Crippen LogP contribution in [0.15, 0.2) is 4.99 Å². The lowest BCUT2D eigenvalue weighted by Crippen LogP contribution is -2.32. The molecule has 0 atom stereocenters. The highest BCUT2D eigenvalue weighted by molar-refractivity contribution is 5.77. The fourth-order valence-corrected chi connectivity index (χ4v) is 1.36. The first kappa shape index (κ1) is 10.4. The fourth-order valence-electron chi connectivity index (χ4n) is 1.36. The van der Waals surface area contributed by atoms with Crippen molar-refractivity contribution in [2.24, 2.45) is 16.1 Å². The minimum absolute atomic E-state index is 0.512. The second kappa shape index (κ2) is 4.49. The van der Waals surface area contributed by atoms with Gasteiger partial charge in [-0.2, -0.15) is 0 Å². The van der Waals surface area contributed by atoms with Gasteiger partial charge in [-0.15, -0.1) is 0 Å². The zero-order chi connectivity index (χ0) is 9.73. The highest BCUT2D eigenvalue weighted by atomic mass is 15.1. The summed E-state index contributed by atoms with van der Waals surface area (Å²) in [6.07, 6.45) is 4.98. The van der Waals surface area contributed by atoms with Gasteiger partial charge < -0.3 is 11.1 Å². The lowest BCUT2D eigenvalue weighted by atomic mass is 10.1. The number of nitrogens with one attached hydrogen (secondary N) is 1. The molecule has 1 aliphatic rings. The molecule has 0 heterocycles. The van der Waals surface area contributed by atoms with Crippen molar-refractivity contribution in [2.45, 2.75) is 39.5 Å². The van der Waals surface area contributed by atoms with Crippen molar-refractivity contribution in [3.63, 3.8) is 0 Å². The summed E-state index contributed by atoms with van der Waals surface area (Å²) in [5.74, 6) is 0.613. The SMILES string of the molecule is CCCNC(N)=NCC1(CC)CC1. The highest BCUT2D eigenvalue weighted by Gasteiger charge is 2.40. The van der Waals surface area contributed by atoms with Crippen molar-refractivity contribution in [3.8, 4) is 0 Å². The Labute approximate surface area is 80.8 Å². The average Bonchev–Trinajstić information content (AvgIpc) is 2.92. The Bertz CT molecular complexity index is 183. The van der Waals surface area contributed by atoms with Crippen molar-refractivity contribution in [1.82, 2.24) is 5.32 Å². The molecule has 0 amide bonds. The van der Waals surface area contributed by atoms with E-state index in [2.05, 4.69) is 24.2 Å². The van der Waals surface area contributed by atoms with Crippen molar-refractivity contribution >= 4 is 5.96 Å². The predicted octanol–water partition coefficient (Wildman–Crippen LogP) is 1.49. The van der Waals surface area contributed by atoms with E-state index in [1.807, 2.05) is 0 Å². The van der Waals surface area contributed by atoms with Crippen LogP contribution < -0.4 is 11.1 Å². The number of nitrogens with two attached hydrogens (primary N) is 1. The molecule has 76 valence electrons. The average molecular weight is 183 g/mol. The molecule has 0 saturated heterocycles. The van der Waals surface area contributed by atoms with Crippen LogP contribution in [0.1, 0.15) is 39.5 Å². The van der Waals surface area contributed by atoms with E-state index in [0.717, 1.165) is 19.5 Å². The quantitative estimate of drug-likeness (QED) is 0.501. The van der Waals surface area contributed by atoms with Gasteiger partial charge in [0.1, 0.15) is 0 Å². The van der Waals surface area contributed by atoms with Crippen LogP contribution in [0.2, 0.25) is 0 Å². The number of nitrogens with zero attached hydrogens (tertiary/aromatic N) is 1. The summed E-state index contributed by atoms with van der Waals surface area (Å²) in [5.41, 5.74) is 6.20. The lowest BCUT2D eigenvalue weighted by Gasteiger charge is -2.09. The van der Waals surface area contributed by atoms with Crippen molar-refractivity contribution in [3.05, 3.63) is 0 Å². The number of hydrogen-bond donors (Lipinski definition) is 2. The van der Waals surface area contributed by atoms with Gasteiger partial charge >= 0.3 is 0 Å². The minimum Gasteiger partial charge on any atom is -0.370 e. The molecule has 0 aromatic rings. The molecule has 0 aromatic heterocycles. The Balaban J connectivity index is 2.22. The Morgan fingerprint density at radius 2 is 2.15 bits per heavy atom. The molecule has 1 aliphatic carbocycles. The van der Waals surface area contributed by atoms with Crippen LogP contribution in [-0.4, -0.2) is 19.0 Å². The van der Waals surface area contributed by atoms with E-state index in [-0.39, 0.29) is 0 Å². The van der Waals surface area contributed by atoms with Crippen LogP contribution >= 0.6 is 0 Å². The minimum atomic E-state index is 0.512. The standard InChI is InChI=1S/C10H21N3/c1-3-7-12-9(11)13-8-10(4-2)5-6-10/h3-8H2,1-2H3,(H3,11,12,13). The summed E-state index contributed by atoms with van der Waals surface area (Å²) in [4.78, 5) is 4.35. The Kier molecular flexibility index (Phi) is 3.58. The lowest BCUT2D eigenvalue weighted by molar-refractivity contribution is 0.505. The molecule has 3 N–H and O–H groups in total. The number of aliphatic imine (C=N–C) groups is 1. The molecular weight excluding hydrogens is 162 g/mol. The maximum Gasteiger partial charge on any atom is 0.188 e. The Morgan fingerprint density at radius 1 is 1.46 bits per heavy atom. The molecule has 0 radical (unpaired) electrons. The molecule has 1 fully saturated rings. The molecule has 3 nitrogen and oxygen atoms in total. The third kappa shape index (κ3) is 3.25. The van der Waals surface area contributed by atoms with Gasteiger partial charge in [0, 0.05) is 13.1 Å². The molecule has 1 saturated carbocycles. The second-order valence-corrected chi connectivity index (χ2v) is 3.98. The molecule has 1 rings (SSSR count). The summed E-state index contributed by atoms with van der Waals surface area (Å²) in [6.45, 7) is 6.19. The first-order valence-electron chi connectivity index (χ1n) is 5.26. The number of hydrogen-bond acceptors (Lipinski definition) is 1. The van der Waals surface area contributed by atoms with Gasteiger partial charge in [0.15, 0.2) is 5.96 Å². The van der Waals surface area contributed by atoms with Crippen LogP contribution in [0, 0.1) is 5.41 Å². The van der Waals surface area contributed by atoms with E-state index >= 15 is 0 Å². The van der Waals surface area contributed by atoms with E-state index in [1.165, 1.54) is 19.3 Å². The van der Waals surface area contributed by atoms with Crippen molar-refractivity contribution in [2.75, 3.05) is 13.1 Å². The summed E-state index contributed by atoms with van der Waals surface area (Å²) in [5, 5.41) is 3.08. The van der Waals surface area contributed by atoms with Gasteiger partial charge in [-0.25, -0.2) is 0 Å². The summed E-state index contributed by atoms with van der Waals surface area (Å²) < 4.78 is 0. The summed E-state index contributed by atoms with van der Waals surface area (Å²) in [6, 6.07) is 0. The van der Waals surface area contributed by atoms with Gasteiger partial charge in [0.05, 0.1) is 0 Å². The predicted molar refractivity (Wildman–Crippen MR) is 56.7 cm³/mol. The monoisotopic (exact) mass is 183 g/mol. The molecule has 0 aliphatic heterocycles. The maximum atomic E-state index is 5.69. The zero-order valence-electron chi connectivity index (χ0n) is 8.77. The second-order valence-electron chi connectivity index (χ2n) is 3.98. The Morgan fingerprint density at radius 3 is 2.62 bits per heavy atom. The van der Waals surface area contributed by atoms with Gasteiger partial charge in [-0.1, -0.05) is 13.8 Å². The third-order valence-electron chi connectivity index (χ3n) is 2.85. The summed E-state index contributed by atoms with van der Waals surface area (Å²) in [7, 11) is 0. The van der Waals surface area contributed by atoms with Crippen LogP contribution in [0.3, 0.4) is 0 Å². The van der Waals surface area contributed by atoms with E-state index in [0.29, 0.717) is 11.4 Å².